The van der Waals surface area contributed by atoms with E-state index in [2.05, 4.69) is 187 Å². The monoisotopic (exact) mass is 756 g/mol. The van der Waals surface area contributed by atoms with Gasteiger partial charge in [-0.15, -0.1) is 0 Å². The third-order valence-electron chi connectivity index (χ3n) is 11.1. The van der Waals surface area contributed by atoms with E-state index in [0.29, 0.717) is 11.5 Å². The summed E-state index contributed by atoms with van der Waals surface area (Å²) in [6.07, 6.45) is 0. The smallest absolute Gasteiger partial charge is 0.227 e. The van der Waals surface area contributed by atoms with Gasteiger partial charge in [0, 0.05) is 39.3 Å². The van der Waals surface area contributed by atoms with E-state index in [1.807, 2.05) is 36.4 Å². The van der Waals surface area contributed by atoms with Crippen molar-refractivity contribution in [1.29, 1.82) is 0 Å². The van der Waals surface area contributed by atoms with Gasteiger partial charge in [-0.25, -0.2) is 4.98 Å². The summed E-state index contributed by atoms with van der Waals surface area (Å²) in [7, 11) is 0. The van der Waals surface area contributed by atoms with Crippen molar-refractivity contribution < 1.29 is 8.83 Å². The first-order valence-corrected chi connectivity index (χ1v) is 19.9. The van der Waals surface area contributed by atoms with Crippen LogP contribution in [0, 0.1) is 0 Å². The SMILES string of the molecule is c1ccc(-c2ccc(-c3ccc(N(c4ccc(-c5ccc6c(c5)oc5cc7oc(-c8ccccc8)nc7cc56)cc4)c4ccccc4-c4ccccc4)cc3)cc2)cc1. The molecule has 2 aromatic heterocycles. The Morgan fingerprint density at radius 1 is 0.322 bits per heavy atom. The molecule has 0 N–H and O–H groups in total. The van der Waals surface area contributed by atoms with Gasteiger partial charge in [0.2, 0.25) is 5.89 Å². The molecule has 0 saturated heterocycles. The van der Waals surface area contributed by atoms with E-state index in [-0.39, 0.29) is 0 Å². The first kappa shape index (κ1) is 34.3. The molecule has 4 nitrogen and oxygen atoms in total. The van der Waals surface area contributed by atoms with E-state index in [4.69, 9.17) is 13.8 Å². The molecule has 278 valence electrons. The Bertz CT molecular complexity index is 3220. The summed E-state index contributed by atoms with van der Waals surface area (Å²) in [5, 5.41) is 2.07. The Kier molecular flexibility index (Phi) is 8.45. The summed E-state index contributed by atoms with van der Waals surface area (Å²) >= 11 is 0. The van der Waals surface area contributed by atoms with Crippen LogP contribution in [-0.4, -0.2) is 4.98 Å². The zero-order valence-corrected chi connectivity index (χ0v) is 32.0. The van der Waals surface area contributed by atoms with Crippen molar-refractivity contribution in [2.75, 3.05) is 4.90 Å². The minimum absolute atomic E-state index is 0.604. The van der Waals surface area contributed by atoms with Gasteiger partial charge < -0.3 is 13.7 Å². The lowest BCUT2D eigenvalue weighted by atomic mass is 9.99. The molecule has 0 aliphatic rings. The fraction of sp³-hybridized carbons (Fsp3) is 0. The lowest BCUT2D eigenvalue weighted by Crippen LogP contribution is -2.11. The van der Waals surface area contributed by atoms with Crippen molar-refractivity contribution >= 4 is 50.1 Å². The quantitative estimate of drug-likeness (QED) is 0.155. The number of anilines is 3. The zero-order chi connectivity index (χ0) is 39.1. The van der Waals surface area contributed by atoms with Gasteiger partial charge in [0.05, 0.1) is 5.69 Å². The number of hydrogen-bond donors (Lipinski definition) is 0. The van der Waals surface area contributed by atoms with Gasteiger partial charge in [0.1, 0.15) is 16.7 Å². The fourth-order valence-corrected chi connectivity index (χ4v) is 8.13. The van der Waals surface area contributed by atoms with Gasteiger partial charge in [-0.2, -0.15) is 0 Å². The predicted octanol–water partition coefficient (Wildman–Crippen LogP) is 15.5. The average Bonchev–Trinajstić information content (AvgIpc) is 3.90. The van der Waals surface area contributed by atoms with Gasteiger partial charge in [-0.3, -0.25) is 0 Å². The summed E-state index contributed by atoms with van der Waals surface area (Å²) in [6.45, 7) is 0. The van der Waals surface area contributed by atoms with Gasteiger partial charge in [-0.1, -0.05) is 152 Å². The molecule has 0 fully saturated rings. The molecule has 11 rings (SSSR count). The highest BCUT2D eigenvalue weighted by Gasteiger charge is 2.19. The Labute approximate surface area is 341 Å². The molecule has 0 radical (unpaired) electrons. The topological polar surface area (TPSA) is 42.4 Å². The Morgan fingerprint density at radius 3 is 1.42 bits per heavy atom. The number of furan rings is 1. The lowest BCUT2D eigenvalue weighted by molar-refractivity contribution is 0.617. The number of fused-ring (bicyclic) bond motifs is 4. The van der Waals surface area contributed by atoms with E-state index in [1.165, 1.54) is 27.8 Å². The molecule has 0 atom stereocenters. The molecule has 9 aromatic carbocycles. The fourth-order valence-electron chi connectivity index (χ4n) is 8.13. The Morgan fingerprint density at radius 2 is 0.797 bits per heavy atom. The van der Waals surface area contributed by atoms with Crippen LogP contribution < -0.4 is 4.90 Å². The van der Waals surface area contributed by atoms with Crippen LogP contribution in [0.5, 0.6) is 0 Å². The third kappa shape index (κ3) is 6.43. The summed E-state index contributed by atoms with van der Waals surface area (Å²) in [5.74, 6) is 0.604. The Hall–Kier alpha value is -7.95. The van der Waals surface area contributed by atoms with Crippen molar-refractivity contribution in [3.8, 4) is 56.0 Å². The normalized spacial score (nSPS) is 11.4. The number of benzene rings is 9. The lowest BCUT2D eigenvalue weighted by Gasteiger charge is -2.28. The second kappa shape index (κ2) is 14.5. The van der Waals surface area contributed by atoms with Crippen molar-refractivity contribution in [1.82, 2.24) is 4.98 Å². The highest BCUT2D eigenvalue weighted by Crippen LogP contribution is 2.42. The summed E-state index contributed by atoms with van der Waals surface area (Å²) in [5.41, 5.74) is 16.6. The number of hydrogen-bond acceptors (Lipinski definition) is 4. The molecule has 0 amide bonds. The van der Waals surface area contributed by atoms with Crippen molar-refractivity contribution in [2.24, 2.45) is 0 Å². The standard InChI is InChI=1S/C55H36N2O2/c1-4-12-37(13-5-1)38-20-22-39(23-21-38)40-24-29-45(30-25-40)57(51-19-11-10-18-47(51)42-14-6-2-7-15-42)46-31-26-41(27-32-46)44-28-33-48-49-35-50-54(36-53(49)58-52(48)34-44)59-55(56-50)43-16-8-3-9-17-43/h1-36H. The highest BCUT2D eigenvalue weighted by molar-refractivity contribution is 6.09. The van der Waals surface area contributed by atoms with Gasteiger partial charge in [0.15, 0.2) is 5.58 Å². The maximum absolute atomic E-state index is 6.44. The highest BCUT2D eigenvalue weighted by atomic mass is 16.4. The molecule has 4 heteroatoms. The minimum Gasteiger partial charge on any atom is -0.456 e. The zero-order valence-electron chi connectivity index (χ0n) is 32.0. The molecule has 2 heterocycles. The van der Waals surface area contributed by atoms with Gasteiger partial charge in [0.25, 0.3) is 0 Å². The second-order valence-corrected chi connectivity index (χ2v) is 14.8. The van der Waals surface area contributed by atoms with E-state index in [1.54, 1.807) is 0 Å². The maximum Gasteiger partial charge on any atom is 0.227 e. The first-order chi connectivity index (χ1) is 29.2. The molecule has 0 spiro atoms. The van der Waals surface area contributed by atoms with Gasteiger partial charge in [-0.05, 0) is 99.6 Å². The molecule has 0 bridgehead atoms. The number of rotatable bonds is 8. The molecule has 0 saturated carbocycles. The van der Waals surface area contributed by atoms with Crippen molar-refractivity contribution in [3.05, 3.63) is 218 Å². The molecule has 11 aromatic rings. The van der Waals surface area contributed by atoms with Crippen LogP contribution >= 0.6 is 0 Å². The van der Waals surface area contributed by atoms with E-state index in [0.717, 1.165) is 66.8 Å². The Balaban J connectivity index is 0.935. The number of aromatic nitrogens is 1. The van der Waals surface area contributed by atoms with Crippen LogP contribution in [0.15, 0.2) is 227 Å². The van der Waals surface area contributed by atoms with Crippen LogP contribution in [0.2, 0.25) is 0 Å². The largest absolute Gasteiger partial charge is 0.456 e. The average molecular weight is 757 g/mol. The van der Waals surface area contributed by atoms with Crippen molar-refractivity contribution in [3.63, 3.8) is 0 Å². The summed E-state index contributed by atoms with van der Waals surface area (Å²) < 4.78 is 12.6. The molecular formula is C55H36N2O2. The molecule has 59 heavy (non-hydrogen) atoms. The van der Waals surface area contributed by atoms with Crippen LogP contribution in [0.1, 0.15) is 0 Å². The molecule has 0 unspecified atom stereocenters. The second-order valence-electron chi connectivity index (χ2n) is 14.8. The number of nitrogens with zero attached hydrogens (tertiary/aromatic N) is 2. The third-order valence-corrected chi connectivity index (χ3v) is 11.1. The van der Waals surface area contributed by atoms with E-state index >= 15 is 0 Å². The number of para-hydroxylation sites is 1. The van der Waals surface area contributed by atoms with Crippen LogP contribution in [0.3, 0.4) is 0 Å². The van der Waals surface area contributed by atoms with Gasteiger partial charge >= 0.3 is 0 Å². The van der Waals surface area contributed by atoms with Crippen LogP contribution in [-0.2, 0) is 0 Å². The predicted molar refractivity (Wildman–Crippen MR) is 243 cm³/mol. The molecule has 0 aliphatic heterocycles. The summed E-state index contributed by atoms with van der Waals surface area (Å²) in [6, 6.07) is 76.7. The van der Waals surface area contributed by atoms with Crippen molar-refractivity contribution in [2.45, 2.75) is 0 Å². The van der Waals surface area contributed by atoms with E-state index in [9.17, 15) is 0 Å². The van der Waals surface area contributed by atoms with E-state index < -0.39 is 0 Å². The molecular weight excluding hydrogens is 721 g/mol. The summed E-state index contributed by atoms with van der Waals surface area (Å²) in [4.78, 5) is 7.14. The first-order valence-electron chi connectivity index (χ1n) is 19.9. The number of oxazole rings is 1. The maximum atomic E-state index is 6.44. The molecule has 0 aliphatic carbocycles. The van der Waals surface area contributed by atoms with Crippen LogP contribution in [0.25, 0.3) is 89.0 Å². The van der Waals surface area contributed by atoms with Crippen LogP contribution in [0.4, 0.5) is 17.1 Å². The minimum atomic E-state index is 0.604.